The second-order valence-electron chi connectivity index (χ2n) is 4.71. The van der Waals surface area contributed by atoms with Gasteiger partial charge >= 0.3 is 5.97 Å². The first-order chi connectivity index (χ1) is 10.4. The monoisotopic (exact) mass is 348 g/mol. The lowest BCUT2D eigenvalue weighted by atomic mass is 10.2. The van der Waals surface area contributed by atoms with E-state index in [1.54, 1.807) is 23.1 Å². The average Bonchev–Trinajstić information content (AvgIpc) is 2.46. The summed E-state index contributed by atoms with van der Waals surface area (Å²) in [6.45, 7) is 0.566. The van der Waals surface area contributed by atoms with Crippen LogP contribution >= 0.6 is 23.2 Å². The molecule has 0 aliphatic rings. The zero-order valence-corrected chi connectivity index (χ0v) is 13.4. The summed E-state index contributed by atoms with van der Waals surface area (Å²) in [5.74, 6) is -1.49. The zero-order chi connectivity index (χ0) is 16.5. The van der Waals surface area contributed by atoms with Crippen molar-refractivity contribution in [2.24, 2.45) is 0 Å². The Morgan fingerprint density at radius 1 is 1.23 bits per heavy atom. The number of nitrogens with zero attached hydrogens (tertiary/aromatic N) is 1. The van der Waals surface area contributed by atoms with Gasteiger partial charge in [0.05, 0.1) is 16.6 Å². The molecule has 1 aromatic rings. The number of hydrogen-bond acceptors (Lipinski definition) is 4. The van der Waals surface area contributed by atoms with E-state index < -0.39 is 12.5 Å². The summed E-state index contributed by atoms with van der Waals surface area (Å²) in [7, 11) is 0. The van der Waals surface area contributed by atoms with E-state index in [0.717, 1.165) is 5.56 Å². The molecule has 1 rings (SSSR count). The second kappa shape index (κ2) is 9.63. The van der Waals surface area contributed by atoms with Crippen LogP contribution in [0.3, 0.4) is 0 Å². The van der Waals surface area contributed by atoms with Gasteiger partial charge in [0, 0.05) is 19.7 Å². The van der Waals surface area contributed by atoms with Gasteiger partial charge in [-0.1, -0.05) is 29.3 Å². The van der Waals surface area contributed by atoms with Gasteiger partial charge in [-0.15, -0.1) is 0 Å². The van der Waals surface area contributed by atoms with Crippen molar-refractivity contribution >= 4 is 35.1 Å². The minimum Gasteiger partial charge on any atom is -0.480 e. The minimum absolute atomic E-state index is 0.00855. The first-order valence-electron chi connectivity index (χ1n) is 6.68. The largest absolute Gasteiger partial charge is 0.480 e. The van der Waals surface area contributed by atoms with Crippen LogP contribution in [0.25, 0.3) is 0 Å². The van der Waals surface area contributed by atoms with Crippen molar-refractivity contribution < 1.29 is 19.8 Å². The highest BCUT2D eigenvalue weighted by Crippen LogP contribution is 2.23. The second-order valence-corrected chi connectivity index (χ2v) is 5.52. The number of hydrogen-bond donors (Lipinski definition) is 3. The summed E-state index contributed by atoms with van der Waals surface area (Å²) >= 11 is 11.8. The number of halogens is 2. The molecule has 0 aliphatic heterocycles. The van der Waals surface area contributed by atoms with Crippen molar-refractivity contribution in [1.29, 1.82) is 0 Å². The lowest BCUT2D eigenvalue weighted by Crippen LogP contribution is -2.39. The third-order valence-electron chi connectivity index (χ3n) is 2.83. The van der Waals surface area contributed by atoms with Crippen LogP contribution < -0.4 is 5.32 Å². The molecule has 122 valence electrons. The summed E-state index contributed by atoms with van der Waals surface area (Å²) < 4.78 is 0. The number of carboxylic acids is 1. The van der Waals surface area contributed by atoms with E-state index in [0.29, 0.717) is 29.6 Å². The Hall–Kier alpha value is -1.34. The average molecular weight is 349 g/mol. The molecular weight excluding hydrogens is 331 g/mol. The van der Waals surface area contributed by atoms with E-state index in [-0.39, 0.29) is 19.1 Å². The van der Waals surface area contributed by atoms with Crippen molar-refractivity contribution in [3.63, 3.8) is 0 Å². The van der Waals surface area contributed by atoms with Gasteiger partial charge in [0.1, 0.15) is 6.54 Å². The van der Waals surface area contributed by atoms with Crippen LogP contribution in [0.5, 0.6) is 0 Å². The van der Waals surface area contributed by atoms with Gasteiger partial charge in [0.2, 0.25) is 5.91 Å². The van der Waals surface area contributed by atoms with Gasteiger partial charge in [0.15, 0.2) is 0 Å². The quantitative estimate of drug-likeness (QED) is 0.627. The van der Waals surface area contributed by atoms with E-state index in [9.17, 15) is 9.59 Å². The van der Waals surface area contributed by atoms with Gasteiger partial charge in [-0.05, 0) is 24.1 Å². The molecular formula is C14H18Cl2N2O4. The molecule has 0 aliphatic carbocycles. The van der Waals surface area contributed by atoms with Crippen LogP contribution in [-0.4, -0.2) is 53.2 Å². The molecule has 6 nitrogen and oxygen atoms in total. The molecule has 1 amide bonds. The molecule has 3 N–H and O–H groups in total. The maximum absolute atomic E-state index is 11.7. The van der Waals surface area contributed by atoms with Crippen LogP contribution in [-0.2, 0) is 16.1 Å². The van der Waals surface area contributed by atoms with Crippen molar-refractivity contribution in [2.45, 2.75) is 13.0 Å². The molecule has 22 heavy (non-hydrogen) atoms. The third kappa shape index (κ3) is 7.09. The number of carboxylic acid groups (broad SMARTS) is 1. The zero-order valence-electron chi connectivity index (χ0n) is 11.9. The number of aliphatic hydroxyl groups is 1. The fourth-order valence-corrected chi connectivity index (χ4v) is 2.16. The molecule has 0 saturated carbocycles. The SMILES string of the molecule is O=C(O)CNC(=O)CN(CCCO)Cc1ccc(Cl)c(Cl)c1. The molecule has 0 aromatic heterocycles. The fourth-order valence-electron chi connectivity index (χ4n) is 1.84. The molecule has 0 bridgehead atoms. The first kappa shape index (κ1) is 18.7. The Morgan fingerprint density at radius 2 is 1.95 bits per heavy atom. The van der Waals surface area contributed by atoms with Crippen molar-refractivity contribution in [3.05, 3.63) is 33.8 Å². The van der Waals surface area contributed by atoms with Crippen LogP contribution in [0.2, 0.25) is 10.0 Å². The molecule has 0 saturated heterocycles. The van der Waals surface area contributed by atoms with Crippen molar-refractivity contribution in [3.8, 4) is 0 Å². The van der Waals surface area contributed by atoms with Crippen LogP contribution in [0.1, 0.15) is 12.0 Å². The number of aliphatic carboxylic acids is 1. The summed E-state index contributed by atoms with van der Waals surface area (Å²) in [6, 6.07) is 5.19. The van der Waals surface area contributed by atoms with Crippen LogP contribution in [0, 0.1) is 0 Å². The van der Waals surface area contributed by atoms with E-state index in [1.807, 2.05) is 0 Å². The normalized spacial score (nSPS) is 10.7. The highest BCUT2D eigenvalue weighted by Gasteiger charge is 2.12. The van der Waals surface area contributed by atoms with Crippen LogP contribution in [0.4, 0.5) is 0 Å². The number of amides is 1. The van der Waals surface area contributed by atoms with E-state index >= 15 is 0 Å². The maximum Gasteiger partial charge on any atom is 0.322 e. The highest BCUT2D eigenvalue weighted by atomic mass is 35.5. The smallest absolute Gasteiger partial charge is 0.322 e. The van der Waals surface area contributed by atoms with Gasteiger partial charge in [-0.2, -0.15) is 0 Å². The van der Waals surface area contributed by atoms with E-state index in [4.69, 9.17) is 33.4 Å². The van der Waals surface area contributed by atoms with E-state index in [1.165, 1.54) is 0 Å². The lowest BCUT2D eigenvalue weighted by Gasteiger charge is -2.21. The van der Waals surface area contributed by atoms with Gasteiger partial charge in [-0.3, -0.25) is 14.5 Å². The van der Waals surface area contributed by atoms with Crippen molar-refractivity contribution in [1.82, 2.24) is 10.2 Å². The molecule has 0 atom stereocenters. The minimum atomic E-state index is -1.10. The number of carbonyl (C=O) groups is 2. The Bertz CT molecular complexity index is 526. The Morgan fingerprint density at radius 3 is 2.55 bits per heavy atom. The summed E-state index contributed by atoms with van der Waals surface area (Å²) in [5.41, 5.74) is 0.873. The lowest BCUT2D eigenvalue weighted by molar-refractivity contribution is -0.138. The van der Waals surface area contributed by atoms with E-state index in [2.05, 4.69) is 5.32 Å². The molecule has 8 heteroatoms. The molecule has 0 radical (unpaired) electrons. The van der Waals surface area contributed by atoms with Gasteiger partial charge < -0.3 is 15.5 Å². The summed E-state index contributed by atoms with van der Waals surface area (Å²) in [5, 5.41) is 20.7. The van der Waals surface area contributed by atoms with Gasteiger partial charge in [-0.25, -0.2) is 0 Å². The Kier molecular flexibility index (Phi) is 8.19. The number of nitrogens with one attached hydrogen (secondary N) is 1. The predicted octanol–water partition coefficient (Wildman–Crippen LogP) is 1.38. The standard InChI is InChI=1S/C14H18Cl2N2O4/c15-11-3-2-10(6-12(11)16)8-18(4-1-5-19)9-13(20)17-7-14(21)22/h2-3,6,19H,1,4-5,7-9H2,(H,17,20)(H,21,22). The summed E-state index contributed by atoms with van der Waals surface area (Å²) in [6.07, 6.45) is 0.507. The first-order valence-corrected chi connectivity index (χ1v) is 7.43. The predicted molar refractivity (Wildman–Crippen MR) is 84.1 cm³/mol. The fraction of sp³-hybridized carbons (Fsp3) is 0.429. The molecule has 0 spiro atoms. The molecule has 0 heterocycles. The maximum atomic E-state index is 11.7. The third-order valence-corrected chi connectivity index (χ3v) is 3.57. The summed E-state index contributed by atoms with van der Waals surface area (Å²) in [4.78, 5) is 23.9. The Labute approximate surface area is 138 Å². The van der Waals surface area contributed by atoms with Crippen LogP contribution in [0.15, 0.2) is 18.2 Å². The Balaban J connectivity index is 2.64. The highest BCUT2D eigenvalue weighted by molar-refractivity contribution is 6.42. The molecule has 0 fully saturated rings. The number of carbonyl (C=O) groups excluding carboxylic acids is 1. The van der Waals surface area contributed by atoms with Crippen molar-refractivity contribution in [2.75, 3.05) is 26.2 Å². The van der Waals surface area contributed by atoms with Gasteiger partial charge in [0.25, 0.3) is 0 Å². The molecule has 1 aromatic carbocycles. The molecule has 0 unspecified atom stereocenters. The number of aliphatic hydroxyl groups excluding tert-OH is 1. The topological polar surface area (TPSA) is 89.9 Å². The number of benzene rings is 1. The number of rotatable bonds is 9.